The maximum atomic E-state index is 11.2. The van der Waals surface area contributed by atoms with Crippen LogP contribution in [-0.4, -0.2) is 12.1 Å². The van der Waals surface area contributed by atoms with Crippen LogP contribution >= 0.6 is 0 Å². The van der Waals surface area contributed by atoms with Crippen molar-refractivity contribution in [3.05, 3.63) is 0 Å². The van der Waals surface area contributed by atoms with Gasteiger partial charge in [-0.1, -0.05) is 26.2 Å². The van der Waals surface area contributed by atoms with Crippen molar-refractivity contribution >= 4 is 5.97 Å². The molecule has 1 aliphatic heterocycles. The van der Waals surface area contributed by atoms with E-state index in [2.05, 4.69) is 6.92 Å². The summed E-state index contributed by atoms with van der Waals surface area (Å²) in [5.41, 5.74) is 0. The topological polar surface area (TPSA) is 26.3 Å². The lowest BCUT2D eigenvalue weighted by molar-refractivity contribution is -0.149. The molecule has 0 saturated carbocycles. The molecule has 76 valence electrons. The van der Waals surface area contributed by atoms with E-state index in [-0.39, 0.29) is 12.1 Å². The molecule has 0 aliphatic carbocycles. The zero-order valence-electron chi connectivity index (χ0n) is 8.55. The standard InChI is InChI=1S/C11H20O2/c1-2-10-8-6-4-3-5-7-9-11(12)13-10/h10H,2-9H2,1H3. The lowest BCUT2D eigenvalue weighted by Crippen LogP contribution is -2.17. The molecule has 1 aliphatic rings. The van der Waals surface area contributed by atoms with Crippen molar-refractivity contribution < 1.29 is 9.53 Å². The fourth-order valence-corrected chi connectivity index (χ4v) is 1.76. The zero-order chi connectivity index (χ0) is 9.52. The molecule has 1 fully saturated rings. The molecule has 1 rings (SSSR count). The second-order valence-corrected chi connectivity index (χ2v) is 3.83. The predicted octanol–water partition coefficient (Wildman–Crippen LogP) is 3.05. The summed E-state index contributed by atoms with van der Waals surface area (Å²) < 4.78 is 5.34. The van der Waals surface area contributed by atoms with Crippen molar-refractivity contribution in [1.29, 1.82) is 0 Å². The molecule has 13 heavy (non-hydrogen) atoms. The molecule has 0 N–H and O–H groups in total. The third-order valence-corrected chi connectivity index (χ3v) is 2.66. The Balaban J connectivity index is 2.34. The lowest BCUT2D eigenvalue weighted by Gasteiger charge is -2.17. The number of hydrogen-bond donors (Lipinski definition) is 0. The van der Waals surface area contributed by atoms with Gasteiger partial charge in [-0.3, -0.25) is 4.79 Å². The maximum absolute atomic E-state index is 11.2. The summed E-state index contributed by atoms with van der Waals surface area (Å²) >= 11 is 0. The van der Waals surface area contributed by atoms with E-state index in [1.165, 1.54) is 25.7 Å². The Labute approximate surface area is 80.7 Å². The van der Waals surface area contributed by atoms with E-state index in [1.54, 1.807) is 0 Å². The highest BCUT2D eigenvalue weighted by atomic mass is 16.5. The SMILES string of the molecule is CCC1CCCCCCCC(=O)O1. The van der Waals surface area contributed by atoms with Crippen LogP contribution in [0.4, 0.5) is 0 Å². The van der Waals surface area contributed by atoms with E-state index in [0.29, 0.717) is 6.42 Å². The van der Waals surface area contributed by atoms with E-state index in [4.69, 9.17) is 4.74 Å². The fourth-order valence-electron chi connectivity index (χ4n) is 1.76. The van der Waals surface area contributed by atoms with Gasteiger partial charge in [0.1, 0.15) is 6.10 Å². The lowest BCUT2D eigenvalue weighted by atomic mass is 10.0. The van der Waals surface area contributed by atoms with Crippen LogP contribution in [0.3, 0.4) is 0 Å². The Morgan fingerprint density at radius 2 is 1.92 bits per heavy atom. The summed E-state index contributed by atoms with van der Waals surface area (Å²) in [6.45, 7) is 2.09. The second-order valence-electron chi connectivity index (χ2n) is 3.83. The first-order valence-electron chi connectivity index (χ1n) is 5.52. The molecular weight excluding hydrogens is 164 g/mol. The molecule has 0 radical (unpaired) electrons. The van der Waals surface area contributed by atoms with Crippen molar-refractivity contribution in [3.8, 4) is 0 Å². The molecule has 1 unspecified atom stereocenters. The minimum absolute atomic E-state index is 0.00810. The van der Waals surface area contributed by atoms with Gasteiger partial charge in [-0.05, 0) is 25.7 Å². The molecule has 2 heteroatoms. The highest BCUT2D eigenvalue weighted by Gasteiger charge is 2.13. The molecule has 0 amide bonds. The van der Waals surface area contributed by atoms with Crippen LogP contribution < -0.4 is 0 Å². The first kappa shape index (κ1) is 10.6. The quantitative estimate of drug-likeness (QED) is 0.585. The van der Waals surface area contributed by atoms with Crippen LogP contribution in [0.25, 0.3) is 0 Å². The van der Waals surface area contributed by atoms with Crippen molar-refractivity contribution in [3.63, 3.8) is 0 Å². The van der Waals surface area contributed by atoms with Crippen LogP contribution in [0.15, 0.2) is 0 Å². The molecular formula is C11H20O2. The Kier molecular flexibility index (Phi) is 4.87. The highest BCUT2D eigenvalue weighted by Crippen LogP contribution is 2.16. The second kappa shape index (κ2) is 6.01. The van der Waals surface area contributed by atoms with Gasteiger partial charge in [0.15, 0.2) is 0 Å². The van der Waals surface area contributed by atoms with Gasteiger partial charge >= 0.3 is 5.97 Å². The van der Waals surface area contributed by atoms with Crippen molar-refractivity contribution in [2.45, 2.75) is 64.4 Å². The van der Waals surface area contributed by atoms with E-state index >= 15 is 0 Å². The largest absolute Gasteiger partial charge is 0.462 e. The third kappa shape index (κ3) is 4.30. The number of carbonyl (C=O) groups is 1. The summed E-state index contributed by atoms with van der Waals surface area (Å²) in [5.74, 6) is 0.00810. The van der Waals surface area contributed by atoms with Crippen LogP contribution in [0, 0.1) is 0 Å². The summed E-state index contributed by atoms with van der Waals surface area (Å²) in [6.07, 6.45) is 8.82. The minimum atomic E-state index is 0.00810. The predicted molar refractivity (Wildman–Crippen MR) is 52.5 cm³/mol. The summed E-state index contributed by atoms with van der Waals surface area (Å²) in [7, 11) is 0. The zero-order valence-corrected chi connectivity index (χ0v) is 8.55. The number of carbonyl (C=O) groups excluding carboxylic acids is 1. The number of rotatable bonds is 1. The summed E-state index contributed by atoms with van der Waals surface area (Å²) in [5, 5.41) is 0. The normalized spacial score (nSPS) is 26.5. The molecule has 1 heterocycles. The minimum Gasteiger partial charge on any atom is -0.462 e. The van der Waals surface area contributed by atoms with Gasteiger partial charge < -0.3 is 4.74 Å². The first-order valence-corrected chi connectivity index (χ1v) is 5.52. The molecule has 2 nitrogen and oxygen atoms in total. The molecule has 1 saturated heterocycles. The maximum Gasteiger partial charge on any atom is 0.306 e. The van der Waals surface area contributed by atoms with Crippen LogP contribution in [0.1, 0.15) is 58.3 Å². The molecule has 0 aromatic carbocycles. The molecule has 0 aromatic heterocycles. The summed E-state index contributed by atoms with van der Waals surface area (Å²) in [6, 6.07) is 0. The van der Waals surface area contributed by atoms with Crippen LogP contribution in [0.5, 0.6) is 0 Å². The van der Waals surface area contributed by atoms with Gasteiger partial charge in [-0.2, -0.15) is 0 Å². The Morgan fingerprint density at radius 1 is 1.23 bits per heavy atom. The van der Waals surface area contributed by atoms with Gasteiger partial charge in [-0.25, -0.2) is 0 Å². The van der Waals surface area contributed by atoms with E-state index in [1.807, 2.05) is 0 Å². The Morgan fingerprint density at radius 3 is 2.69 bits per heavy atom. The van der Waals surface area contributed by atoms with E-state index in [0.717, 1.165) is 19.3 Å². The van der Waals surface area contributed by atoms with Gasteiger partial charge in [0, 0.05) is 6.42 Å². The first-order chi connectivity index (χ1) is 6.33. The molecule has 1 atom stereocenters. The van der Waals surface area contributed by atoms with Crippen LogP contribution in [0.2, 0.25) is 0 Å². The van der Waals surface area contributed by atoms with Crippen LogP contribution in [-0.2, 0) is 9.53 Å². The number of cyclic esters (lactones) is 1. The average molecular weight is 184 g/mol. The van der Waals surface area contributed by atoms with E-state index < -0.39 is 0 Å². The van der Waals surface area contributed by atoms with Gasteiger partial charge in [0.05, 0.1) is 0 Å². The summed E-state index contributed by atoms with van der Waals surface area (Å²) in [4.78, 5) is 11.2. The fraction of sp³-hybridized carbons (Fsp3) is 0.909. The highest BCUT2D eigenvalue weighted by molar-refractivity contribution is 5.69. The average Bonchev–Trinajstić information content (AvgIpc) is 2.15. The molecule has 0 spiro atoms. The Bertz CT molecular complexity index is 154. The smallest absolute Gasteiger partial charge is 0.306 e. The van der Waals surface area contributed by atoms with Crippen molar-refractivity contribution in [1.82, 2.24) is 0 Å². The van der Waals surface area contributed by atoms with Crippen molar-refractivity contribution in [2.75, 3.05) is 0 Å². The van der Waals surface area contributed by atoms with Gasteiger partial charge in [0.25, 0.3) is 0 Å². The van der Waals surface area contributed by atoms with Gasteiger partial charge in [0.2, 0.25) is 0 Å². The monoisotopic (exact) mass is 184 g/mol. The van der Waals surface area contributed by atoms with Crippen molar-refractivity contribution in [2.24, 2.45) is 0 Å². The Hall–Kier alpha value is -0.530. The van der Waals surface area contributed by atoms with E-state index in [9.17, 15) is 4.79 Å². The van der Waals surface area contributed by atoms with Gasteiger partial charge in [-0.15, -0.1) is 0 Å². The molecule has 0 bridgehead atoms. The number of hydrogen-bond acceptors (Lipinski definition) is 2. The molecule has 0 aromatic rings. The number of esters is 1. The third-order valence-electron chi connectivity index (χ3n) is 2.66. The number of ether oxygens (including phenoxy) is 1.